The fourth-order valence-corrected chi connectivity index (χ4v) is 1.91. The number of aryl methyl sites for hydroxylation is 3. The first-order chi connectivity index (χ1) is 9.88. The van der Waals surface area contributed by atoms with Crippen molar-refractivity contribution in [1.29, 1.82) is 0 Å². The highest BCUT2D eigenvalue weighted by Crippen LogP contribution is 2.29. The van der Waals surface area contributed by atoms with Gasteiger partial charge in [0.2, 0.25) is 5.88 Å². The minimum absolute atomic E-state index is 0.311. The lowest BCUT2D eigenvalue weighted by atomic mass is 10.2. The molecule has 0 bridgehead atoms. The largest absolute Gasteiger partial charge is 0.478 e. The molecule has 1 N–H and O–H groups in total. The summed E-state index contributed by atoms with van der Waals surface area (Å²) in [5.41, 5.74) is 1.68. The molecule has 21 heavy (non-hydrogen) atoms. The Morgan fingerprint density at radius 2 is 2.14 bits per heavy atom. The molecular formula is C15H15FN2O3. The number of halogens is 1. The van der Waals surface area contributed by atoms with Gasteiger partial charge in [-0.15, -0.1) is 0 Å². The molecule has 5 nitrogen and oxygen atoms in total. The number of nitrogens with zero attached hydrogens (tertiary/aromatic N) is 2. The standard InChI is InChI=1S/C15H15FN2O3/c1-9-8-11(4-6-13(9)16)21-15-12(5-7-14(19)20)10(2)17-18(15)3/h4-8H,1-3H3,(H,19,20)/b7-5+. The van der Waals surface area contributed by atoms with E-state index >= 15 is 0 Å². The molecule has 0 aliphatic heterocycles. The number of benzene rings is 1. The van der Waals surface area contributed by atoms with Crippen LogP contribution in [0.5, 0.6) is 11.6 Å². The summed E-state index contributed by atoms with van der Waals surface area (Å²) in [4.78, 5) is 10.6. The fourth-order valence-electron chi connectivity index (χ4n) is 1.91. The minimum Gasteiger partial charge on any atom is -0.478 e. The average molecular weight is 290 g/mol. The number of carbonyl (C=O) groups is 1. The van der Waals surface area contributed by atoms with Crippen molar-refractivity contribution in [3.63, 3.8) is 0 Å². The maximum atomic E-state index is 13.3. The van der Waals surface area contributed by atoms with Gasteiger partial charge in [0.05, 0.1) is 11.3 Å². The topological polar surface area (TPSA) is 64.3 Å². The Balaban J connectivity index is 2.39. The highest BCUT2D eigenvalue weighted by molar-refractivity contribution is 5.86. The third-order valence-electron chi connectivity index (χ3n) is 2.95. The minimum atomic E-state index is -1.05. The van der Waals surface area contributed by atoms with Crippen LogP contribution in [0.2, 0.25) is 0 Å². The van der Waals surface area contributed by atoms with Crippen LogP contribution in [0.15, 0.2) is 24.3 Å². The van der Waals surface area contributed by atoms with E-state index in [1.54, 1.807) is 27.0 Å². The molecule has 0 aliphatic carbocycles. The Kier molecular flexibility index (Phi) is 4.07. The molecule has 110 valence electrons. The second-order valence-corrected chi connectivity index (χ2v) is 4.61. The van der Waals surface area contributed by atoms with Gasteiger partial charge in [-0.2, -0.15) is 5.10 Å². The molecule has 0 saturated heterocycles. The summed E-state index contributed by atoms with van der Waals surface area (Å²) in [6.07, 6.45) is 2.45. The van der Waals surface area contributed by atoms with E-state index in [0.29, 0.717) is 28.5 Å². The van der Waals surface area contributed by atoms with Crippen LogP contribution in [0.3, 0.4) is 0 Å². The normalized spacial score (nSPS) is 11.0. The van der Waals surface area contributed by atoms with E-state index in [-0.39, 0.29) is 5.82 Å². The van der Waals surface area contributed by atoms with E-state index in [2.05, 4.69) is 5.10 Å². The second-order valence-electron chi connectivity index (χ2n) is 4.61. The Morgan fingerprint density at radius 3 is 2.76 bits per heavy atom. The first kappa shape index (κ1) is 14.8. The van der Waals surface area contributed by atoms with Gasteiger partial charge in [0.15, 0.2) is 0 Å². The summed E-state index contributed by atoms with van der Waals surface area (Å²) >= 11 is 0. The molecule has 0 saturated carbocycles. The van der Waals surface area contributed by atoms with Crippen LogP contribution < -0.4 is 4.74 Å². The monoisotopic (exact) mass is 290 g/mol. The summed E-state index contributed by atoms with van der Waals surface area (Å²) in [6.45, 7) is 3.40. The van der Waals surface area contributed by atoms with Crippen molar-refractivity contribution in [2.45, 2.75) is 13.8 Å². The molecule has 0 aliphatic rings. The van der Waals surface area contributed by atoms with Crippen LogP contribution in [0, 0.1) is 19.7 Å². The zero-order valence-electron chi connectivity index (χ0n) is 11.9. The average Bonchev–Trinajstić information content (AvgIpc) is 2.66. The van der Waals surface area contributed by atoms with Crippen molar-refractivity contribution in [1.82, 2.24) is 9.78 Å². The van der Waals surface area contributed by atoms with Crippen molar-refractivity contribution < 1.29 is 19.0 Å². The Morgan fingerprint density at radius 1 is 1.43 bits per heavy atom. The van der Waals surface area contributed by atoms with Crippen LogP contribution in [-0.2, 0) is 11.8 Å². The van der Waals surface area contributed by atoms with Gasteiger partial charge in [0.25, 0.3) is 0 Å². The van der Waals surface area contributed by atoms with Crippen molar-refractivity contribution >= 4 is 12.0 Å². The van der Waals surface area contributed by atoms with Gasteiger partial charge in [-0.1, -0.05) is 0 Å². The van der Waals surface area contributed by atoms with Crippen molar-refractivity contribution in [3.8, 4) is 11.6 Å². The van der Waals surface area contributed by atoms with Gasteiger partial charge in [-0.25, -0.2) is 13.9 Å². The van der Waals surface area contributed by atoms with Crippen molar-refractivity contribution in [2.75, 3.05) is 0 Å². The third kappa shape index (κ3) is 3.28. The summed E-state index contributed by atoms with van der Waals surface area (Å²) in [7, 11) is 1.69. The Labute approximate surface area is 121 Å². The molecule has 0 fully saturated rings. The second kappa shape index (κ2) is 5.78. The van der Waals surface area contributed by atoms with Gasteiger partial charge in [-0.05, 0) is 43.7 Å². The number of carboxylic acid groups (broad SMARTS) is 1. The van der Waals surface area contributed by atoms with Crippen LogP contribution in [0.1, 0.15) is 16.8 Å². The molecule has 2 rings (SSSR count). The molecule has 2 aromatic rings. The number of rotatable bonds is 4. The molecule has 6 heteroatoms. The van der Waals surface area contributed by atoms with Gasteiger partial charge in [0.1, 0.15) is 11.6 Å². The summed E-state index contributed by atoms with van der Waals surface area (Å²) < 4.78 is 20.5. The van der Waals surface area contributed by atoms with E-state index in [4.69, 9.17) is 9.84 Å². The number of hydrogen-bond acceptors (Lipinski definition) is 3. The molecular weight excluding hydrogens is 275 g/mol. The van der Waals surface area contributed by atoms with Gasteiger partial charge in [0, 0.05) is 13.1 Å². The van der Waals surface area contributed by atoms with Gasteiger partial charge < -0.3 is 9.84 Å². The molecule has 0 atom stereocenters. The molecule has 0 unspecified atom stereocenters. The maximum absolute atomic E-state index is 13.3. The third-order valence-corrected chi connectivity index (χ3v) is 2.95. The molecule has 0 amide bonds. The number of aromatic nitrogens is 2. The quantitative estimate of drug-likeness (QED) is 0.879. The van der Waals surface area contributed by atoms with Crippen molar-refractivity contribution in [3.05, 3.63) is 46.9 Å². The van der Waals surface area contributed by atoms with Crippen LogP contribution >= 0.6 is 0 Å². The Bertz CT molecular complexity index is 720. The van der Waals surface area contributed by atoms with Crippen molar-refractivity contribution in [2.24, 2.45) is 7.05 Å². The van der Waals surface area contributed by atoms with Crippen LogP contribution in [0.4, 0.5) is 4.39 Å². The lowest BCUT2D eigenvalue weighted by Gasteiger charge is -2.08. The highest BCUT2D eigenvalue weighted by atomic mass is 19.1. The fraction of sp³-hybridized carbons (Fsp3) is 0.200. The molecule has 1 heterocycles. The first-order valence-corrected chi connectivity index (χ1v) is 6.27. The SMILES string of the molecule is Cc1cc(Oc2c(/C=C/C(=O)O)c(C)nn2C)ccc1F. The van der Waals surface area contributed by atoms with Crippen LogP contribution in [0.25, 0.3) is 6.08 Å². The number of ether oxygens (including phenoxy) is 1. The Hall–Kier alpha value is -2.63. The molecule has 0 radical (unpaired) electrons. The van der Waals surface area contributed by atoms with E-state index < -0.39 is 5.97 Å². The summed E-state index contributed by atoms with van der Waals surface area (Å²) in [5.74, 6) is -0.505. The summed E-state index contributed by atoms with van der Waals surface area (Å²) in [5, 5.41) is 12.9. The van der Waals surface area contributed by atoms with E-state index in [0.717, 1.165) is 6.08 Å². The van der Waals surface area contributed by atoms with E-state index in [1.165, 1.54) is 22.9 Å². The molecule has 1 aromatic heterocycles. The molecule has 0 spiro atoms. The lowest BCUT2D eigenvalue weighted by Crippen LogP contribution is -1.97. The predicted molar refractivity (Wildman–Crippen MR) is 75.8 cm³/mol. The van der Waals surface area contributed by atoms with Gasteiger partial charge >= 0.3 is 5.97 Å². The van der Waals surface area contributed by atoms with Crippen LogP contribution in [-0.4, -0.2) is 20.9 Å². The smallest absolute Gasteiger partial charge is 0.328 e. The van der Waals surface area contributed by atoms with E-state index in [1.807, 2.05) is 0 Å². The first-order valence-electron chi connectivity index (χ1n) is 6.27. The predicted octanol–water partition coefficient (Wildman–Crippen LogP) is 3.07. The maximum Gasteiger partial charge on any atom is 0.328 e. The summed E-state index contributed by atoms with van der Waals surface area (Å²) in [6, 6.07) is 4.40. The lowest BCUT2D eigenvalue weighted by molar-refractivity contribution is -0.131. The zero-order valence-corrected chi connectivity index (χ0v) is 11.9. The number of hydrogen-bond donors (Lipinski definition) is 1. The van der Waals surface area contributed by atoms with Gasteiger partial charge in [-0.3, -0.25) is 0 Å². The highest BCUT2D eigenvalue weighted by Gasteiger charge is 2.14. The zero-order chi connectivity index (χ0) is 15.6. The van der Waals surface area contributed by atoms with E-state index in [9.17, 15) is 9.18 Å². The number of carboxylic acids is 1. The number of aliphatic carboxylic acids is 1. The molecule has 1 aromatic carbocycles.